The van der Waals surface area contributed by atoms with Crippen LogP contribution in [-0.2, 0) is 25.5 Å². The van der Waals surface area contributed by atoms with Gasteiger partial charge in [0.2, 0.25) is 5.91 Å². The molecule has 0 saturated heterocycles. The Kier molecular flexibility index (Phi) is 10.4. The fraction of sp³-hybridized carbons (Fsp3) is 0.500. The van der Waals surface area contributed by atoms with Crippen molar-refractivity contribution in [3.8, 4) is 0 Å². The summed E-state index contributed by atoms with van der Waals surface area (Å²) in [5.74, 6) is -0.233. The lowest BCUT2D eigenvalue weighted by molar-refractivity contribution is -0.132. The molecule has 0 atom stereocenters. The van der Waals surface area contributed by atoms with Gasteiger partial charge in [-0.05, 0) is 39.3 Å². The predicted molar refractivity (Wildman–Crippen MR) is 113 cm³/mol. The molecule has 30 heavy (non-hydrogen) atoms. The molecule has 1 aromatic carbocycles. The van der Waals surface area contributed by atoms with Crippen LogP contribution >= 0.6 is 0 Å². The van der Waals surface area contributed by atoms with E-state index in [2.05, 4.69) is 4.74 Å². The minimum absolute atomic E-state index is 0.0456. The SMILES string of the molecule is CCOC(=O)OC/C=C/CN(Cc1ccccc1)C(=O)CN(C)C(=O)OC(C)(C)C. The Morgan fingerprint density at radius 2 is 1.70 bits per heavy atom. The number of benzene rings is 1. The summed E-state index contributed by atoms with van der Waals surface area (Å²) in [6.07, 6.45) is 2.07. The van der Waals surface area contributed by atoms with Gasteiger partial charge < -0.3 is 24.0 Å². The number of ether oxygens (including phenoxy) is 3. The highest BCUT2D eigenvalue weighted by Gasteiger charge is 2.23. The minimum Gasteiger partial charge on any atom is -0.444 e. The van der Waals surface area contributed by atoms with Crippen LogP contribution in [0.3, 0.4) is 0 Å². The molecule has 0 aliphatic carbocycles. The van der Waals surface area contributed by atoms with Crippen molar-refractivity contribution in [3.05, 3.63) is 48.0 Å². The molecule has 0 bridgehead atoms. The van der Waals surface area contributed by atoms with E-state index < -0.39 is 17.8 Å². The maximum absolute atomic E-state index is 12.8. The van der Waals surface area contributed by atoms with Gasteiger partial charge in [0.1, 0.15) is 18.8 Å². The average molecular weight is 421 g/mol. The standard InChI is InChI=1S/C22H32N2O6/c1-6-28-21(27)29-15-11-10-14-24(16-18-12-8-7-9-13-18)19(25)17-23(5)20(26)30-22(2,3)4/h7-13H,6,14-17H2,1-5H3/b11-10+. The molecule has 1 rings (SSSR count). The third-order valence-corrected chi connectivity index (χ3v) is 3.70. The molecule has 0 spiro atoms. The van der Waals surface area contributed by atoms with E-state index in [1.54, 1.807) is 44.7 Å². The molecule has 166 valence electrons. The quantitative estimate of drug-likeness (QED) is 0.448. The first-order valence-corrected chi connectivity index (χ1v) is 9.82. The Balaban J connectivity index is 2.71. The number of amides is 2. The molecule has 0 aliphatic rings. The van der Waals surface area contributed by atoms with Crippen LogP contribution < -0.4 is 0 Å². The van der Waals surface area contributed by atoms with Crippen LogP contribution in [0.2, 0.25) is 0 Å². The summed E-state index contributed by atoms with van der Waals surface area (Å²) in [5, 5.41) is 0. The molecule has 0 unspecified atom stereocenters. The highest BCUT2D eigenvalue weighted by Crippen LogP contribution is 2.10. The van der Waals surface area contributed by atoms with Crippen molar-refractivity contribution in [2.45, 2.75) is 39.8 Å². The van der Waals surface area contributed by atoms with E-state index in [0.717, 1.165) is 5.56 Å². The van der Waals surface area contributed by atoms with Crippen LogP contribution in [0.1, 0.15) is 33.3 Å². The summed E-state index contributed by atoms with van der Waals surface area (Å²) in [6.45, 7) is 7.85. The van der Waals surface area contributed by atoms with Crippen molar-refractivity contribution in [3.63, 3.8) is 0 Å². The molecule has 8 nitrogen and oxygen atoms in total. The van der Waals surface area contributed by atoms with E-state index in [1.807, 2.05) is 30.3 Å². The molecule has 1 aromatic rings. The van der Waals surface area contributed by atoms with Gasteiger partial charge in [0.25, 0.3) is 0 Å². The van der Waals surface area contributed by atoms with Gasteiger partial charge in [-0.15, -0.1) is 0 Å². The number of carbonyl (C=O) groups excluding carboxylic acids is 3. The summed E-state index contributed by atoms with van der Waals surface area (Å²) < 4.78 is 14.8. The van der Waals surface area contributed by atoms with Gasteiger partial charge in [0.05, 0.1) is 6.61 Å². The molecular formula is C22H32N2O6. The Labute approximate surface area is 178 Å². The second-order valence-electron chi connectivity index (χ2n) is 7.56. The molecule has 0 saturated carbocycles. The van der Waals surface area contributed by atoms with Gasteiger partial charge >= 0.3 is 12.2 Å². The van der Waals surface area contributed by atoms with Crippen molar-refractivity contribution in [2.24, 2.45) is 0 Å². The zero-order chi connectivity index (χ0) is 22.6. The minimum atomic E-state index is -0.738. The molecule has 0 aromatic heterocycles. The van der Waals surface area contributed by atoms with E-state index in [9.17, 15) is 14.4 Å². The van der Waals surface area contributed by atoms with Crippen LogP contribution in [-0.4, -0.2) is 66.9 Å². The smallest absolute Gasteiger partial charge is 0.444 e. The van der Waals surface area contributed by atoms with E-state index in [1.165, 1.54) is 11.9 Å². The summed E-state index contributed by atoms with van der Waals surface area (Å²) in [7, 11) is 1.52. The second-order valence-corrected chi connectivity index (χ2v) is 7.56. The van der Waals surface area contributed by atoms with Gasteiger partial charge in [0.15, 0.2) is 0 Å². The van der Waals surface area contributed by atoms with Crippen molar-refractivity contribution in [1.82, 2.24) is 9.80 Å². The number of likely N-dealkylation sites (N-methyl/N-ethyl adjacent to an activating group) is 1. The van der Waals surface area contributed by atoms with Gasteiger partial charge in [-0.3, -0.25) is 4.79 Å². The molecule has 0 N–H and O–H groups in total. The molecular weight excluding hydrogens is 388 g/mol. The summed E-state index contributed by atoms with van der Waals surface area (Å²) in [6, 6.07) is 9.54. The molecule has 0 heterocycles. The van der Waals surface area contributed by atoms with Gasteiger partial charge in [-0.1, -0.05) is 36.4 Å². The normalized spacial score (nSPS) is 11.1. The van der Waals surface area contributed by atoms with E-state index >= 15 is 0 Å². The maximum atomic E-state index is 12.8. The number of hydrogen-bond acceptors (Lipinski definition) is 6. The average Bonchev–Trinajstić information content (AvgIpc) is 2.66. The molecule has 0 fully saturated rings. The van der Waals surface area contributed by atoms with Crippen LogP contribution in [0.15, 0.2) is 42.5 Å². The fourth-order valence-corrected chi connectivity index (χ4v) is 2.31. The number of nitrogens with zero attached hydrogens (tertiary/aromatic N) is 2. The highest BCUT2D eigenvalue weighted by molar-refractivity contribution is 5.82. The first-order valence-electron chi connectivity index (χ1n) is 9.82. The van der Waals surface area contributed by atoms with Gasteiger partial charge in [0, 0.05) is 20.1 Å². The molecule has 0 radical (unpaired) electrons. The molecule has 8 heteroatoms. The number of rotatable bonds is 9. The molecule has 0 aliphatic heterocycles. The van der Waals surface area contributed by atoms with Crippen molar-refractivity contribution < 1.29 is 28.6 Å². The first kappa shape index (κ1) is 25.0. The Morgan fingerprint density at radius 1 is 1.03 bits per heavy atom. The summed E-state index contributed by atoms with van der Waals surface area (Å²) in [5.41, 5.74) is 0.321. The zero-order valence-corrected chi connectivity index (χ0v) is 18.4. The zero-order valence-electron chi connectivity index (χ0n) is 18.4. The first-order chi connectivity index (χ1) is 14.1. The monoisotopic (exact) mass is 420 g/mol. The largest absolute Gasteiger partial charge is 0.508 e. The van der Waals surface area contributed by atoms with Crippen LogP contribution in [0.25, 0.3) is 0 Å². The third kappa shape index (κ3) is 10.5. The van der Waals surface area contributed by atoms with Crippen LogP contribution in [0.4, 0.5) is 9.59 Å². The molecule has 2 amide bonds. The topological polar surface area (TPSA) is 85.4 Å². The van der Waals surface area contributed by atoms with Gasteiger partial charge in [-0.2, -0.15) is 0 Å². The number of hydrogen-bond donors (Lipinski definition) is 0. The van der Waals surface area contributed by atoms with Gasteiger partial charge in [-0.25, -0.2) is 9.59 Å². The van der Waals surface area contributed by atoms with E-state index in [4.69, 9.17) is 9.47 Å². The number of carbonyl (C=O) groups is 3. The fourth-order valence-electron chi connectivity index (χ4n) is 2.31. The lowest BCUT2D eigenvalue weighted by atomic mass is 10.2. The van der Waals surface area contributed by atoms with Crippen LogP contribution in [0, 0.1) is 0 Å². The maximum Gasteiger partial charge on any atom is 0.508 e. The van der Waals surface area contributed by atoms with Crippen molar-refractivity contribution >= 4 is 18.2 Å². The lowest BCUT2D eigenvalue weighted by Crippen LogP contribution is -2.42. The third-order valence-electron chi connectivity index (χ3n) is 3.70. The second kappa shape index (κ2) is 12.5. The van der Waals surface area contributed by atoms with Crippen LogP contribution in [0.5, 0.6) is 0 Å². The predicted octanol–water partition coefficient (Wildman–Crippen LogP) is 3.61. The highest BCUT2D eigenvalue weighted by atomic mass is 16.7. The van der Waals surface area contributed by atoms with E-state index in [-0.39, 0.29) is 25.7 Å². The Hall–Kier alpha value is -3.03. The van der Waals surface area contributed by atoms with E-state index in [0.29, 0.717) is 13.1 Å². The Bertz CT molecular complexity index is 712. The Morgan fingerprint density at radius 3 is 2.30 bits per heavy atom. The van der Waals surface area contributed by atoms with Crippen molar-refractivity contribution in [2.75, 3.05) is 33.4 Å². The lowest BCUT2D eigenvalue weighted by Gasteiger charge is -2.27. The summed E-state index contributed by atoms with van der Waals surface area (Å²) in [4.78, 5) is 39.0. The van der Waals surface area contributed by atoms with Crippen molar-refractivity contribution in [1.29, 1.82) is 0 Å². The summed E-state index contributed by atoms with van der Waals surface area (Å²) >= 11 is 0.